The van der Waals surface area contributed by atoms with Crippen molar-refractivity contribution in [2.45, 2.75) is 83.6 Å². The van der Waals surface area contributed by atoms with Crippen LogP contribution in [0.5, 0.6) is 0 Å². The molecule has 2 aliphatic rings. The Morgan fingerprint density at radius 1 is 1.09 bits per heavy atom. The molecule has 0 bridgehead atoms. The molecule has 32 heavy (non-hydrogen) atoms. The molecular formula is C27H39N3O2. The Morgan fingerprint density at radius 3 is 2.31 bits per heavy atom. The third-order valence-electron chi connectivity index (χ3n) is 7.09. The molecule has 3 rings (SSSR count). The quantitative estimate of drug-likeness (QED) is 0.567. The zero-order valence-corrected chi connectivity index (χ0v) is 19.8. The van der Waals surface area contributed by atoms with Gasteiger partial charge in [-0.2, -0.15) is 0 Å². The third-order valence-corrected chi connectivity index (χ3v) is 7.09. The van der Waals surface area contributed by atoms with Crippen LogP contribution in [0.25, 0.3) is 0 Å². The number of nitrogens with zero attached hydrogens (tertiary/aromatic N) is 1. The van der Waals surface area contributed by atoms with Gasteiger partial charge >= 0.3 is 0 Å². The van der Waals surface area contributed by atoms with Crippen molar-refractivity contribution in [1.82, 2.24) is 10.2 Å². The summed E-state index contributed by atoms with van der Waals surface area (Å²) in [5, 5.41) is 11.9. The molecule has 1 amide bonds. The molecule has 5 heteroatoms. The number of unbranched alkanes of at least 4 members (excludes halogenated alkanes) is 2. The minimum absolute atomic E-state index is 0.174. The topological polar surface area (TPSA) is 73.3 Å². The molecule has 2 aliphatic heterocycles. The lowest BCUT2D eigenvalue weighted by atomic mass is 9.79. The molecule has 0 aromatic heterocycles. The average Bonchev–Trinajstić information content (AvgIpc) is 2.93. The number of ketones is 1. The highest BCUT2D eigenvalue weighted by molar-refractivity contribution is 6.02. The first-order valence-electron chi connectivity index (χ1n) is 12.4. The number of amidine groups is 1. The highest BCUT2D eigenvalue weighted by Crippen LogP contribution is 2.33. The van der Waals surface area contributed by atoms with Crippen molar-refractivity contribution >= 4 is 17.5 Å². The first-order valence-corrected chi connectivity index (χ1v) is 12.4. The van der Waals surface area contributed by atoms with Crippen LogP contribution in [0.1, 0.15) is 77.2 Å². The summed E-state index contributed by atoms with van der Waals surface area (Å²) in [5.41, 5.74) is 1.54. The fraction of sp³-hybridized carbons (Fsp3) is 0.593. The summed E-state index contributed by atoms with van der Waals surface area (Å²) in [5.74, 6) is 1.07. The van der Waals surface area contributed by atoms with Crippen molar-refractivity contribution in [2.24, 2.45) is 5.92 Å². The van der Waals surface area contributed by atoms with E-state index in [1.54, 1.807) is 0 Å². The number of amides is 1. The van der Waals surface area contributed by atoms with Gasteiger partial charge in [0.2, 0.25) is 5.91 Å². The first-order chi connectivity index (χ1) is 15.5. The van der Waals surface area contributed by atoms with Gasteiger partial charge in [-0.25, -0.2) is 0 Å². The Hall–Kier alpha value is -2.43. The molecule has 0 atom stereocenters. The molecule has 1 aromatic rings. The van der Waals surface area contributed by atoms with E-state index in [9.17, 15) is 9.59 Å². The second-order valence-corrected chi connectivity index (χ2v) is 9.46. The predicted molar refractivity (Wildman–Crippen MR) is 130 cm³/mol. The van der Waals surface area contributed by atoms with E-state index in [2.05, 4.69) is 19.2 Å². The maximum absolute atomic E-state index is 13.5. The Labute approximate surface area is 193 Å². The van der Waals surface area contributed by atoms with Crippen molar-refractivity contribution in [2.75, 3.05) is 13.1 Å². The summed E-state index contributed by atoms with van der Waals surface area (Å²) in [4.78, 5) is 28.1. The van der Waals surface area contributed by atoms with Crippen LogP contribution in [-0.2, 0) is 16.0 Å². The van der Waals surface area contributed by atoms with Gasteiger partial charge in [0, 0.05) is 19.5 Å². The number of allylic oxidation sites excluding steroid dienone is 1. The van der Waals surface area contributed by atoms with E-state index in [0.29, 0.717) is 18.7 Å². The Kier molecular flexibility index (Phi) is 8.66. The molecule has 2 N–H and O–H groups in total. The maximum atomic E-state index is 13.5. The van der Waals surface area contributed by atoms with Gasteiger partial charge in [0.15, 0.2) is 5.78 Å². The summed E-state index contributed by atoms with van der Waals surface area (Å²) >= 11 is 0. The molecule has 1 fully saturated rings. The summed E-state index contributed by atoms with van der Waals surface area (Å²) < 4.78 is 0. The average molecular weight is 438 g/mol. The number of likely N-dealkylation sites (tertiary alicyclic amines) is 1. The van der Waals surface area contributed by atoms with Gasteiger partial charge in [0.05, 0.1) is 12.0 Å². The van der Waals surface area contributed by atoms with E-state index < -0.39 is 5.54 Å². The molecular weight excluding hydrogens is 398 g/mol. The number of piperidine rings is 1. The van der Waals surface area contributed by atoms with E-state index >= 15 is 0 Å². The maximum Gasteiger partial charge on any atom is 0.226 e. The van der Waals surface area contributed by atoms with Gasteiger partial charge in [-0.15, -0.1) is 0 Å². The van der Waals surface area contributed by atoms with Gasteiger partial charge in [-0.1, -0.05) is 75.4 Å². The zero-order valence-electron chi connectivity index (χ0n) is 19.8. The zero-order chi connectivity index (χ0) is 23.0. The van der Waals surface area contributed by atoms with Gasteiger partial charge in [-0.05, 0) is 43.2 Å². The number of Topliss-reactive ketones (excluding diaryl/α,β-unsaturated/α-hetero) is 1. The van der Waals surface area contributed by atoms with E-state index in [1.807, 2.05) is 41.3 Å². The highest BCUT2D eigenvalue weighted by Gasteiger charge is 2.40. The standard InChI is InChI=1S/C27H39N3O2/c1-3-5-14-27(15-6-4-2)24(31)19-23(20-25(28)29-27)22-12-16-30(17-13-22)26(32)18-21-10-8-7-9-11-21/h7-11,20,22H,3-6,12-19H2,1-2H3,(H2,28,29). The molecule has 0 spiro atoms. The van der Waals surface area contributed by atoms with Gasteiger partial charge < -0.3 is 10.2 Å². The summed E-state index contributed by atoms with van der Waals surface area (Å²) in [6.45, 7) is 5.74. The van der Waals surface area contributed by atoms with E-state index in [1.165, 1.54) is 0 Å². The monoisotopic (exact) mass is 437 g/mol. The summed E-state index contributed by atoms with van der Waals surface area (Å²) in [6.07, 6.45) is 10.2. The minimum atomic E-state index is -0.590. The fourth-order valence-corrected chi connectivity index (χ4v) is 5.08. The number of hydrogen-bond donors (Lipinski definition) is 2. The van der Waals surface area contributed by atoms with E-state index in [-0.39, 0.29) is 17.6 Å². The summed E-state index contributed by atoms with van der Waals surface area (Å²) in [7, 11) is 0. The van der Waals surface area contributed by atoms with Gasteiger partial charge in [0.25, 0.3) is 0 Å². The third kappa shape index (κ3) is 6.08. The van der Waals surface area contributed by atoms with Crippen molar-refractivity contribution in [1.29, 1.82) is 5.41 Å². The van der Waals surface area contributed by atoms with Crippen LogP contribution in [0, 0.1) is 11.3 Å². The van der Waals surface area contributed by atoms with Gasteiger partial charge in [0.1, 0.15) is 5.84 Å². The molecule has 2 heterocycles. The second kappa shape index (κ2) is 11.4. The van der Waals surface area contributed by atoms with Crippen LogP contribution in [-0.4, -0.2) is 41.1 Å². The van der Waals surface area contributed by atoms with Gasteiger partial charge in [-0.3, -0.25) is 15.0 Å². The molecule has 5 nitrogen and oxygen atoms in total. The molecule has 1 saturated heterocycles. The van der Waals surface area contributed by atoms with Crippen LogP contribution >= 0.6 is 0 Å². The van der Waals surface area contributed by atoms with Crippen LogP contribution in [0.15, 0.2) is 42.0 Å². The van der Waals surface area contributed by atoms with E-state index in [4.69, 9.17) is 5.41 Å². The van der Waals surface area contributed by atoms with Crippen LogP contribution in [0.2, 0.25) is 0 Å². The Balaban J connectivity index is 1.62. The van der Waals surface area contributed by atoms with Crippen molar-refractivity contribution in [3.05, 3.63) is 47.5 Å². The number of nitrogens with one attached hydrogen (secondary N) is 2. The Morgan fingerprint density at radius 2 is 1.72 bits per heavy atom. The largest absolute Gasteiger partial charge is 0.358 e. The highest BCUT2D eigenvalue weighted by atomic mass is 16.2. The minimum Gasteiger partial charge on any atom is -0.358 e. The summed E-state index contributed by atoms with van der Waals surface area (Å²) in [6, 6.07) is 9.89. The van der Waals surface area contributed by atoms with Crippen molar-refractivity contribution in [3.63, 3.8) is 0 Å². The first kappa shape index (κ1) is 24.2. The van der Waals surface area contributed by atoms with Crippen molar-refractivity contribution in [3.8, 4) is 0 Å². The number of benzene rings is 1. The molecule has 174 valence electrons. The fourth-order valence-electron chi connectivity index (χ4n) is 5.08. The van der Waals surface area contributed by atoms with Crippen LogP contribution in [0.3, 0.4) is 0 Å². The lowest BCUT2D eigenvalue weighted by Gasteiger charge is -2.34. The predicted octanol–water partition coefficient (Wildman–Crippen LogP) is 5.05. The lowest BCUT2D eigenvalue weighted by molar-refractivity contribution is -0.132. The smallest absolute Gasteiger partial charge is 0.226 e. The van der Waals surface area contributed by atoms with E-state index in [0.717, 1.165) is 75.6 Å². The molecule has 0 saturated carbocycles. The molecule has 0 unspecified atom stereocenters. The lowest BCUT2D eigenvalue weighted by Crippen LogP contribution is -2.53. The number of hydrogen-bond acceptors (Lipinski definition) is 3. The van der Waals surface area contributed by atoms with Crippen molar-refractivity contribution < 1.29 is 9.59 Å². The van der Waals surface area contributed by atoms with Crippen LogP contribution in [0.4, 0.5) is 0 Å². The molecule has 0 radical (unpaired) electrons. The number of carbonyl (C=O) groups excluding carboxylic acids is 2. The molecule has 0 aliphatic carbocycles. The molecule has 1 aromatic carbocycles. The Bertz CT molecular complexity index is 815. The SMILES string of the molecule is CCCCC1(CCCC)NC(=N)C=C(C2CCN(C(=O)Cc3ccccc3)CC2)CC1=O. The van der Waals surface area contributed by atoms with Crippen LogP contribution < -0.4 is 5.32 Å². The normalized spacial score (nSPS) is 19.3. The number of rotatable bonds is 9. The second-order valence-electron chi connectivity index (χ2n) is 9.46. The number of carbonyl (C=O) groups is 2.